The van der Waals surface area contributed by atoms with E-state index in [0.29, 0.717) is 13.2 Å². The maximum Gasteiger partial charge on any atom is 0.192 e. The Bertz CT molecular complexity index is 425. The molecule has 108 valence electrons. The van der Waals surface area contributed by atoms with Gasteiger partial charge in [-0.05, 0) is 48.8 Å². The molecule has 19 heavy (non-hydrogen) atoms. The molecule has 0 unspecified atom stereocenters. The zero-order chi connectivity index (χ0) is 14.7. The molecule has 0 heterocycles. The lowest BCUT2D eigenvalue weighted by Crippen LogP contribution is -2.41. The average Bonchev–Trinajstić information content (AvgIpc) is 2.27. The summed E-state index contributed by atoms with van der Waals surface area (Å²) in [4.78, 5) is 0. The van der Waals surface area contributed by atoms with E-state index in [9.17, 15) is 0 Å². The van der Waals surface area contributed by atoms with Gasteiger partial charge in [-0.3, -0.25) is 0 Å². The van der Waals surface area contributed by atoms with Crippen LogP contribution in [0.25, 0.3) is 0 Å². The Labute approximate surface area is 123 Å². The second-order valence-electron chi connectivity index (χ2n) is 6.37. The molecule has 0 saturated heterocycles. The van der Waals surface area contributed by atoms with Gasteiger partial charge in [-0.25, -0.2) is 0 Å². The largest absolute Gasteiger partial charge is 0.491 e. The van der Waals surface area contributed by atoms with Gasteiger partial charge in [0, 0.05) is 5.02 Å². The number of benzene rings is 1. The molecule has 0 amide bonds. The number of ether oxygens (including phenoxy) is 1. The third-order valence-corrected chi connectivity index (χ3v) is 8.71. The van der Waals surface area contributed by atoms with Crippen LogP contribution in [0.2, 0.25) is 23.2 Å². The van der Waals surface area contributed by atoms with Gasteiger partial charge in [-0.15, -0.1) is 0 Å². The maximum atomic E-state index is 6.06. The molecule has 0 spiro atoms. The van der Waals surface area contributed by atoms with Gasteiger partial charge in [-0.1, -0.05) is 32.4 Å². The molecule has 0 aliphatic rings. The van der Waals surface area contributed by atoms with Crippen molar-refractivity contribution in [3.63, 3.8) is 0 Å². The Hall–Kier alpha value is -0.513. The second-order valence-corrected chi connectivity index (χ2v) is 11.6. The molecule has 0 aliphatic carbocycles. The van der Waals surface area contributed by atoms with Crippen LogP contribution in [0.5, 0.6) is 5.75 Å². The fourth-order valence-electron chi connectivity index (χ4n) is 1.38. The van der Waals surface area contributed by atoms with E-state index in [4.69, 9.17) is 20.8 Å². The fourth-order valence-corrected chi connectivity index (χ4v) is 2.52. The van der Waals surface area contributed by atoms with Crippen molar-refractivity contribution in [3.05, 3.63) is 28.8 Å². The third kappa shape index (κ3) is 4.82. The normalized spacial score (nSPS) is 12.6. The van der Waals surface area contributed by atoms with Crippen molar-refractivity contribution in [2.24, 2.45) is 0 Å². The summed E-state index contributed by atoms with van der Waals surface area (Å²) in [6.45, 7) is 14.4. The standard InChI is InChI=1S/C15H25ClO2Si/c1-12-11-13(7-8-14(12)16)17-9-10-18-19(5,6)15(2,3)4/h7-8,11H,9-10H2,1-6H3. The highest BCUT2D eigenvalue weighted by Crippen LogP contribution is 2.36. The van der Waals surface area contributed by atoms with Gasteiger partial charge in [0.1, 0.15) is 12.4 Å². The van der Waals surface area contributed by atoms with Crippen LogP contribution in [0.15, 0.2) is 18.2 Å². The van der Waals surface area contributed by atoms with Crippen LogP contribution in [0.1, 0.15) is 26.3 Å². The lowest BCUT2D eigenvalue weighted by molar-refractivity contribution is 0.203. The van der Waals surface area contributed by atoms with Gasteiger partial charge >= 0.3 is 0 Å². The molecule has 1 aromatic carbocycles. The lowest BCUT2D eigenvalue weighted by atomic mass is 10.2. The predicted molar refractivity (Wildman–Crippen MR) is 84.8 cm³/mol. The maximum absolute atomic E-state index is 6.06. The second kappa shape index (κ2) is 6.29. The first-order chi connectivity index (χ1) is 8.63. The van der Waals surface area contributed by atoms with Crippen LogP contribution in [-0.2, 0) is 4.43 Å². The number of rotatable bonds is 5. The Morgan fingerprint density at radius 1 is 1.16 bits per heavy atom. The first-order valence-corrected chi connectivity index (χ1v) is 9.95. The van der Waals surface area contributed by atoms with Gasteiger partial charge in [-0.2, -0.15) is 0 Å². The van der Waals surface area contributed by atoms with Crippen LogP contribution in [0, 0.1) is 6.92 Å². The van der Waals surface area contributed by atoms with Crippen molar-refractivity contribution < 1.29 is 9.16 Å². The molecule has 0 aliphatic heterocycles. The van der Waals surface area contributed by atoms with E-state index in [2.05, 4.69) is 33.9 Å². The summed E-state index contributed by atoms with van der Waals surface area (Å²) in [5, 5.41) is 1.01. The summed E-state index contributed by atoms with van der Waals surface area (Å²) in [6.07, 6.45) is 0. The highest BCUT2D eigenvalue weighted by atomic mass is 35.5. The van der Waals surface area contributed by atoms with Crippen molar-refractivity contribution in [1.29, 1.82) is 0 Å². The van der Waals surface area contributed by atoms with Gasteiger partial charge < -0.3 is 9.16 Å². The molecule has 2 nitrogen and oxygen atoms in total. The third-order valence-electron chi connectivity index (χ3n) is 3.75. The molecule has 0 aromatic heterocycles. The Kier molecular flexibility index (Phi) is 5.48. The molecule has 0 N–H and O–H groups in total. The van der Waals surface area contributed by atoms with E-state index in [1.54, 1.807) is 0 Å². The van der Waals surface area contributed by atoms with Crippen LogP contribution in [-0.4, -0.2) is 21.5 Å². The summed E-state index contributed by atoms with van der Waals surface area (Å²) in [5.74, 6) is 0.848. The summed E-state index contributed by atoms with van der Waals surface area (Å²) >= 11 is 5.98. The van der Waals surface area contributed by atoms with E-state index in [1.165, 1.54) is 0 Å². The first-order valence-electron chi connectivity index (χ1n) is 6.66. The summed E-state index contributed by atoms with van der Waals surface area (Å²) in [6, 6.07) is 5.71. The van der Waals surface area contributed by atoms with Crippen molar-refractivity contribution in [3.8, 4) is 5.75 Å². The van der Waals surface area contributed by atoms with Crippen LogP contribution in [0.4, 0.5) is 0 Å². The molecule has 0 atom stereocenters. The zero-order valence-corrected chi connectivity index (χ0v) is 14.6. The van der Waals surface area contributed by atoms with Gasteiger partial charge in [0.25, 0.3) is 0 Å². The van der Waals surface area contributed by atoms with Crippen molar-refractivity contribution >= 4 is 19.9 Å². The highest BCUT2D eigenvalue weighted by molar-refractivity contribution is 6.74. The fraction of sp³-hybridized carbons (Fsp3) is 0.600. The molecule has 0 fully saturated rings. The minimum Gasteiger partial charge on any atom is -0.491 e. The number of hydrogen-bond acceptors (Lipinski definition) is 2. The van der Waals surface area contributed by atoms with Gasteiger partial charge in [0.15, 0.2) is 8.32 Å². The van der Waals surface area contributed by atoms with E-state index in [0.717, 1.165) is 16.3 Å². The summed E-state index contributed by atoms with van der Waals surface area (Å²) < 4.78 is 11.7. The monoisotopic (exact) mass is 300 g/mol. The summed E-state index contributed by atoms with van der Waals surface area (Å²) in [7, 11) is -1.66. The van der Waals surface area contributed by atoms with Crippen LogP contribution < -0.4 is 4.74 Å². The van der Waals surface area contributed by atoms with Gasteiger partial charge in [0.05, 0.1) is 6.61 Å². The number of aryl methyl sites for hydroxylation is 1. The number of hydrogen-bond donors (Lipinski definition) is 0. The first kappa shape index (κ1) is 16.5. The molecule has 0 bridgehead atoms. The van der Waals surface area contributed by atoms with E-state index >= 15 is 0 Å². The van der Waals surface area contributed by atoms with E-state index in [1.807, 2.05) is 25.1 Å². The predicted octanol–water partition coefficient (Wildman–Crippen LogP) is 5.05. The zero-order valence-electron chi connectivity index (χ0n) is 12.8. The molecule has 0 radical (unpaired) electrons. The SMILES string of the molecule is Cc1cc(OCCO[Si](C)(C)C(C)(C)C)ccc1Cl. The Morgan fingerprint density at radius 3 is 2.32 bits per heavy atom. The van der Waals surface area contributed by atoms with Crippen molar-refractivity contribution in [1.82, 2.24) is 0 Å². The van der Waals surface area contributed by atoms with Crippen LogP contribution >= 0.6 is 11.6 Å². The van der Waals surface area contributed by atoms with E-state index in [-0.39, 0.29) is 5.04 Å². The van der Waals surface area contributed by atoms with Gasteiger partial charge in [0.2, 0.25) is 0 Å². The topological polar surface area (TPSA) is 18.5 Å². The Morgan fingerprint density at radius 2 is 1.79 bits per heavy atom. The molecule has 1 rings (SSSR count). The average molecular weight is 301 g/mol. The quantitative estimate of drug-likeness (QED) is 0.559. The molecule has 1 aromatic rings. The Balaban J connectivity index is 2.41. The minimum absolute atomic E-state index is 0.240. The molecule has 0 saturated carbocycles. The summed E-state index contributed by atoms with van der Waals surface area (Å²) in [5.41, 5.74) is 1.03. The van der Waals surface area contributed by atoms with Crippen molar-refractivity contribution in [2.45, 2.75) is 45.8 Å². The minimum atomic E-state index is -1.66. The molecule has 4 heteroatoms. The van der Waals surface area contributed by atoms with Crippen LogP contribution in [0.3, 0.4) is 0 Å². The number of halogens is 1. The highest BCUT2D eigenvalue weighted by Gasteiger charge is 2.36. The van der Waals surface area contributed by atoms with E-state index < -0.39 is 8.32 Å². The lowest BCUT2D eigenvalue weighted by Gasteiger charge is -2.36. The van der Waals surface area contributed by atoms with Crippen molar-refractivity contribution in [2.75, 3.05) is 13.2 Å². The molecular formula is C15H25ClO2Si. The molecular weight excluding hydrogens is 276 g/mol. The smallest absolute Gasteiger partial charge is 0.192 e.